The molecule has 7 heteroatoms. The maximum absolute atomic E-state index is 12.8. The fourth-order valence-electron chi connectivity index (χ4n) is 4.35. The Morgan fingerprint density at radius 2 is 1.63 bits per heavy atom. The van der Waals surface area contributed by atoms with Gasteiger partial charge in [-0.15, -0.1) is 0 Å². The summed E-state index contributed by atoms with van der Waals surface area (Å²) in [5, 5.41) is 6.13. The zero-order valence-electron chi connectivity index (χ0n) is 24.1. The first-order chi connectivity index (χ1) is 18.4. The molecule has 3 rings (SSSR count). The minimum absolute atomic E-state index is 0.0688. The Hall–Kier alpha value is -3.32. The minimum Gasteiger partial charge on any atom is -0.354 e. The Morgan fingerprint density at radius 3 is 2.16 bits per heavy atom. The average Bonchev–Trinajstić information content (AvgIpc) is 3.19. The quantitative estimate of drug-likeness (QED) is 0.293. The maximum atomic E-state index is 12.8. The number of benzene rings is 2. The van der Waals surface area contributed by atoms with E-state index in [0.717, 1.165) is 23.5 Å². The van der Waals surface area contributed by atoms with Gasteiger partial charge in [0, 0.05) is 20.6 Å². The zero-order chi connectivity index (χ0) is 27.9. The molecule has 2 unspecified atom stereocenters. The van der Waals surface area contributed by atoms with Crippen molar-refractivity contribution in [2.24, 2.45) is 5.92 Å². The fourth-order valence-corrected chi connectivity index (χ4v) is 4.35. The molecular weight excluding hydrogens is 474 g/mol. The lowest BCUT2D eigenvalue weighted by atomic mass is 10.1. The van der Waals surface area contributed by atoms with Crippen LogP contribution in [0.1, 0.15) is 58.1 Å². The second-order valence-corrected chi connectivity index (χ2v) is 9.88. The molecule has 0 fully saturated rings. The highest BCUT2D eigenvalue weighted by atomic mass is 16.2. The van der Waals surface area contributed by atoms with Crippen molar-refractivity contribution in [1.82, 2.24) is 25.3 Å². The third kappa shape index (κ3) is 8.91. The van der Waals surface area contributed by atoms with Crippen LogP contribution in [0.4, 0.5) is 0 Å². The Labute approximate surface area is 229 Å². The summed E-state index contributed by atoms with van der Waals surface area (Å²) >= 11 is 0. The van der Waals surface area contributed by atoms with E-state index in [1.165, 1.54) is 32.4 Å². The number of carbonyl (C=O) groups is 2. The van der Waals surface area contributed by atoms with Crippen molar-refractivity contribution in [3.05, 3.63) is 83.3 Å². The number of hydrogen-bond acceptors (Lipinski definition) is 5. The lowest BCUT2D eigenvalue weighted by Gasteiger charge is -2.30. The molecule has 0 aromatic heterocycles. The molecule has 1 aliphatic rings. The summed E-state index contributed by atoms with van der Waals surface area (Å²) in [6.07, 6.45) is 4.62. The van der Waals surface area contributed by atoms with Crippen molar-refractivity contribution >= 4 is 12.3 Å². The Bertz CT molecular complexity index is 996. The average molecular weight is 522 g/mol. The SMILES string of the molecule is CCCNCCC(C)CC.CNC(=O)C1=C(N(C=O)Cc2ccccc2)N(C)C(C)N1Cc1ccccc1. The molecule has 0 aliphatic carbocycles. The summed E-state index contributed by atoms with van der Waals surface area (Å²) in [7, 11) is 3.52. The molecule has 0 radical (unpaired) electrons. The Morgan fingerprint density at radius 1 is 1.03 bits per heavy atom. The normalized spacial score (nSPS) is 15.6. The van der Waals surface area contributed by atoms with Crippen LogP contribution in [0.2, 0.25) is 0 Å². The molecule has 2 amide bonds. The first-order valence-corrected chi connectivity index (χ1v) is 13.8. The van der Waals surface area contributed by atoms with Crippen molar-refractivity contribution in [3.8, 4) is 0 Å². The third-order valence-electron chi connectivity index (χ3n) is 7.02. The van der Waals surface area contributed by atoms with Crippen molar-refractivity contribution < 1.29 is 9.59 Å². The van der Waals surface area contributed by atoms with Gasteiger partial charge in [-0.2, -0.15) is 0 Å². The number of nitrogens with zero attached hydrogens (tertiary/aromatic N) is 3. The standard InChI is InChI=1S/C22H26N4O2.C9H21N/c1-17-24(3)22(25(16-27)14-18-10-6-4-7-11-18)20(21(28)23-2)26(17)15-19-12-8-5-9-13-19;1-4-7-10-8-6-9(3)5-2/h4-13,16-17H,14-15H2,1-3H3,(H,23,28);9-10H,4-8H2,1-3H3. The van der Waals surface area contributed by atoms with Gasteiger partial charge in [0.15, 0.2) is 0 Å². The monoisotopic (exact) mass is 521 g/mol. The molecule has 0 saturated heterocycles. The van der Waals surface area contributed by atoms with E-state index in [9.17, 15) is 9.59 Å². The minimum atomic E-state index is -0.206. The highest BCUT2D eigenvalue weighted by Crippen LogP contribution is 2.32. The molecule has 2 atom stereocenters. The van der Waals surface area contributed by atoms with E-state index in [1.807, 2.05) is 84.4 Å². The molecule has 2 N–H and O–H groups in total. The maximum Gasteiger partial charge on any atom is 0.271 e. The van der Waals surface area contributed by atoms with Gasteiger partial charge < -0.3 is 20.4 Å². The number of amides is 2. The van der Waals surface area contributed by atoms with Crippen LogP contribution in [0.25, 0.3) is 0 Å². The van der Waals surface area contributed by atoms with Gasteiger partial charge in [0.05, 0.1) is 6.54 Å². The number of likely N-dealkylation sites (N-methyl/N-ethyl adjacent to an activating group) is 1. The summed E-state index contributed by atoms with van der Waals surface area (Å²) in [5.41, 5.74) is 2.61. The van der Waals surface area contributed by atoms with Gasteiger partial charge in [-0.25, -0.2) is 0 Å². The van der Waals surface area contributed by atoms with E-state index in [0.29, 0.717) is 24.6 Å². The van der Waals surface area contributed by atoms with Gasteiger partial charge in [0.25, 0.3) is 5.91 Å². The predicted octanol–water partition coefficient (Wildman–Crippen LogP) is 4.78. The summed E-state index contributed by atoms with van der Waals surface area (Å²) in [6.45, 7) is 12.2. The van der Waals surface area contributed by atoms with Crippen molar-refractivity contribution in [2.45, 2.75) is 66.2 Å². The van der Waals surface area contributed by atoms with Crippen molar-refractivity contribution in [3.63, 3.8) is 0 Å². The van der Waals surface area contributed by atoms with E-state index in [4.69, 9.17) is 0 Å². The van der Waals surface area contributed by atoms with Crippen molar-refractivity contribution in [1.29, 1.82) is 0 Å². The van der Waals surface area contributed by atoms with E-state index >= 15 is 0 Å². The molecule has 208 valence electrons. The molecule has 0 saturated carbocycles. The van der Waals surface area contributed by atoms with Crippen LogP contribution in [0.5, 0.6) is 0 Å². The van der Waals surface area contributed by atoms with Gasteiger partial charge in [0.1, 0.15) is 17.7 Å². The van der Waals surface area contributed by atoms with Crippen LogP contribution < -0.4 is 10.6 Å². The van der Waals surface area contributed by atoms with E-state index < -0.39 is 0 Å². The van der Waals surface area contributed by atoms with Crippen LogP contribution in [0, 0.1) is 5.92 Å². The van der Waals surface area contributed by atoms with E-state index in [2.05, 4.69) is 31.4 Å². The summed E-state index contributed by atoms with van der Waals surface area (Å²) in [5.74, 6) is 1.30. The molecule has 1 aliphatic heterocycles. The van der Waals surface area contributed by atoms with Gasteiger partial charge in [-0.05, 0) is 49.9 Å². The van der Waals surface area contributed by atoms with Crippen LogP contribution in [0.3, 0.4) is 0 Å². The predicted molar refractivity (Wildman–Crippen MR) is 156 cm³/mol. The highest BCUT2D eigenvalue weighted by molar-refractivity contribution is 5.94. The molecule has 2 aromatic carbocycles. The number of carbonyl (C=O) groups excluding carboxylic acids is 2. The fraction of sp³-hybridized carbons (Fsp3) is 0.484. The highest BCUT2D eigenvalue weighted by Gasteiger charge is 2.39. The van der Waals surface area contributed by atoms with Crippen LogP contribution in [-0.4, -0.2) is 60.4 Å². The molecule has 38 heavy (non-hydrogen) atoms. The van der Waals surface area contributed by atoms with E-state index in [-0.39, 0.29) is 12.1 Å². The van der Waals surface area contributed by atoms with Crippen LogP contribution >= 0.6 is 0 Å². The Kier molecular flexibility index (Phi) is 13.4. The lowest BCUT2D eigenvalue weighted by Crippen LogP contribution is -2.38. The topological polar surface area (TPSA) is 67.9 Å². The van der Waals surface area contributed by atoms with E-state index in [1.54, 1.807) is 11.9 Å². The van der Waals surface area contributed by atoms with Crippen LogP contribution in [0.15, 0.2) is 72.2 Å². The van der Waals surface area contributed by atoms with Crippen molar-refractivity contribution in [2.75, 3.05) is 27.2 Å². The second-order valence-electron chi connectivity index (χ2n) is 9.88. The number of rotatable bonds is 13. The van der Waals surface area contributed by atoms with Crippen LogP contribution in [-0.2, 0) is 22.7 Å². The lowest BCUT2D eigenvalue weighted by molar-refractivity contribution is -0.119. The Balaban J connectivity index is 0.000000432. The first-order valence-electron chi connectivity index (χ1n) is 13.8. The summed E-state index contributed by atoms with van der Waals surface area (Å²) in [6, 6.07) is 19.8. The second kappa shape index (κ2) is 16.5. The molecular formula is C31H47N5O2. The number of nitrogens with one attached hydrogen (secondary N) is 2. The molecule has 0 bridgehead atoms. The summed E-state index contributed by atoms with van der Waals surface area (Å²) in [4.78, 5) is 30.4. The van der Waals surface area contributed by atoms with Gasteiger partial charge in [-0.3, -0.25) is 14.5 Å². The zero-order valence-corrected chi connectivity index (χ0v) is 24.1. The smallest absolute Gasteiger partial charge is 0.271 e. The number of hydrogen-bond donors (Lipinski definition) is 2. The van der Waals surface area contributed by atoms with Gasteiger partial charge >= 0.3 is 0 Å². The molecule has 7 nitrogen and oxygen atoms in total. The first kappa shape index (κ1) is 30.9. The molecule has 1 heterocycles. The molecule has 2 aromatic rings. The third-order valence-corrected chi connectivity index (χ3v) is 7.02. The van der Waals surface area contributed by atoms with Gasteiger partial charge in [-0.1, -0.05) is 87.9 Å². The molecule has 0 spiro atoms. The summed E-state index contributed by atoms with van der Waals surface area (Å²) < 4.78 is 0. The van der Waals surface area contributed by atoms with Gasteiger partial charge in [0.2, 0.25) is 6.41 Å². The largest absolute Gasteiger partial charge is 0.354 e.